The fourth-order valence-corrected chi connectivity index (χ4v) is 1.04. The molecule has 3 heteroatoms. The lowest BCUT2D eigenvalue weighted by Gasteiger charge is -2.16. The first-order valence-electron chi connectivity index (χ1n) is 2.79. The molecule has 2 nitrogen and oxygen atoms in total. The molecular formula is C6H9IN2. The molecule has 1 unspecified atom stereocenters. The fraction of sp³-hybridized carbons (Fsp3) is 0.333. The highest BCUT2D eigenvalue weighted by Crippen LogP contribution is 2.17. The van der Waals surface area contributed by atoms with E-state index in [1.807, 2.05) is 12.3 Å². The summed E-state index contributed by atoms with van der Waals surface area (Å²) < 4.78 is 1.19. The number of hydrogen-bond donors (Lipinski definition) is 2. The van der Waals surface area contributed by atoms with Crippen molar-refractivity contribution in [3.63, 3.8) is 0 Å². The molecule has 0 saturated heterocycles. The van der Waals surface area contributed by atoms with Gasteiger partial charge in [0.2, 0.25) is 0 Å². The van der Waals surface area contributed by atoms with Gasteiger partial charge in [0.1, 0.15) is 0 Å². The number of rotatable bonds is 0. The average Bonchev–Trinajstić information content (AvgIpc) is 1.83. The lowest BCUT2D eigenvalue weighted by molar-refractivity contribution is 0.747. The van der Waals surface area contributed by atoms with Crippen molar-refractivity contribution in [2.24, 2.45) is 5.73 Å². The second kappa shape index (κ2) is 2.60. The van der Waals surface area contributed by atoms with Crippen LogP contribution >= 0.6 is 22.6 Å². The van der Waals surface area contributed by atoms with Crippen LogP contribution in [0, 0.1) is 0 Å². The number of dihydropyridines is 1. The molecule has 0 bridgehead atoms. The number of nitrogens with one attached hydrogen (secondary N) is 1. The average molecular weight is 236 g/mol. The summed E-state index contributed by atoms with van der Waals surface area (Å²) >= 11 is 2.25. The molecule has 50 valence electrons. The van der Waals surface area contributed by atoms with Gasteiger partial charge in [-0.25, -0.2) is 0 Å². The normalized spacial score (nSPS) is 26.2. The van der Waals surface area contributed by atoms with E-state index in [1.54, 1.807) is 0 Å². The van der Waals surface area contributed by atoms with Crippen molar-refractivity contribution in [2.45, 2.75) is 13.0 Å². The van der Waals surface area contributed by atoms with Crippen LogP contribution in [0.2, 0.25) is 0 Å². The quantitative estimate of drug-likeness (QED) is 0.618. The van der Waals surface area contributed by atoms with Crippen molar-refractivity contribution in [1.29, 1.82) is 0 Å². The zero-order valence-electron chi connectivity index (χ0n) is 5.19. The van der Waals surface area contributed by atoms with Gasteiger partial charge in [-0.2, -0.15) is 0 Å². The smallest absolute Gasteiger partial charge is 0.0558 e. The van der Waals surface area contributed by atoms with Crippen LogP contribution in [0.1, 0.15) is 6.92 Å². The van der Waals surface area contributed by atoms with Crippen LogP contribution in [0.4, 0.5) is 0 Å². The fourth-order valence-electron chi connectivity index (χ4n) is 0.685. The summed E-state index contributed by atoms with van der Waals surface area (Å²) in [4.78, 5) is 0. The highest BCUT2D eigenvalue weighted by Gasteiger charge is 2.08. The van der Waals surface area contributed by atoms with E-state index in [4.69, 9.17) is 5.73 Å². The Balaban J connectivity index is 2.83. The molecule has 0 amide bonds. The summed E-state index contributed by atoms with van der Waals surface area (Å²) in [6.45, 7) is 2.08. The van der Waals surface area contributed by atoms with Gasteiger partial charge < -0.3 is 11.1 Å². The molecule has 0 aromatic heterocycles. The van der Waals surface area contributed by atoms with Gasteiger partial charge in [0, 0.05) is 9.28 Å². The molecular weight excluding hydrogens is 227 g/mol. The van der Waals surface area contributed by atoms with E-state index >= 15 is 0 Å². The molecule has 0 aromatic rings. The standard InChI is InChI=1S/C6H9IN2/c1-4-6(7)5(8)2-3-9-4/h2-4,9H,8H2,1H3. The van der Waals surface area contributed by atoms with Gasteiger partial charge in [0.05, 0.1) is 6.04 Å². The van der Waals surface area contributed by atoms with E-state index in [-0.39, 0.29) is 0 Å². The Hall–Kier alpha value is -0.190. The highest BCUT2D eigenvalue weighted by molar-refractivity contribution is 14.1. The monoisotopic (exact) mass is 236 g/mol. The molecule has 1 aliphatic rings. The molecule has 1 aliphatic heterocycles. The lowest BCUT2D eigenvalue weighted by Crippen LogP contribution is -2.25. The third-order valence-electron chi connectivity index (χ3n) is 1.27. The number of nitrogens with two attached hydrogens (primary N) is 1. The highest BCUT2D eigenvalue weighted by atomic mass is 127. The number of allylic oxidation sites excluding steroid dienone is 1. The van der Waals surface area contributed by atoms with Crippen molar-refractivity contribution in [3.8, 4) is 0 Å². The maximum atomic E-state index is 5.61. The second-order valence-corrected chi connectivity index (χ2v) is 3.19. The molecule has 1 heterocycles. The van der Waals surface area contributed by atoms with Gasteiger partial charge in [-0.15, -0.1) is 0 Å². The predicted octanol–water partition coefficient (Wildman–Crippen LogP) is 1.10. The van der Waals surface area contributed by atoms with E-state index in [9.17, 15) is 0 Å². The van der Waals surface area contributed by atoms with Crippen molar-refractivity contribution >= 4 is 22.6 Å². The first kappa shape index (κ1) is 6.92. The molecule has 3 N–H and O–H groups in total. The minimum atomic E-state index is 0.385. The minimum Gasteiger partial charge on any atom is -0.398 e. The molecule has 0 saturated carbocycles. The zero-order chi connectivity index (χ0) is 6.85. The number of hydrogen-bond acceptors (Lipinski definition) is 2. The molecule has 0 aliphatic carbocycles. The maximum absolute atomic E-state index is 5.61. The summed E-state index contributed by atoms with van der Waals surface area (Å²) in [6.07, 6.45) is 3.75. The minimum absolute atomic E-state index is 0.385. The Kier molecular flexibility index (Phi) is 2.00. The summed E-state index contributed by atoms with van der Waals surface area (Å²) in [7, 11) is 0. The third kappa shape index (κ3) is 1.38. The Labute approximate surface area is 68.3 Å². The van der Waals surface area contributed by atoms with Crippen LogP contribution in [0.25, 0.3) is 0 Å². The van der Waals surface area contributed by atoms with Crippen LogP contribution in [-0.4, -0.2) is 6.04 Å². The Bertz CT molecular complexity index is 172. The van der Waals surface area contributed by atoms with E-state index < -0.39 is 0 Å². The second-order valence-electron chi connectivity index (χ2n) is 2.02. The molecule has 0 radical (unpaired) electrons. The number of halogens is 1. The molecule has 0 fully saturated rings. The van der Waals surface area contributed by atoms with Gasteiger partial charge in [0.15, 0.2) is 0 Å². The van der Waals surface area contributed by atoms with Crippen LogP contribution in [0.3, 0.4) is 0 Å². The summed E-state index contributed by atoms with van der Waals surface area (Å²) in [5.74, 6) is 0. The van der Waals surface area contributed by atoms with Gasteiger partial charge in [-0.05, 0) is 41.8 Å². The summed E-state index contributed by atoms with van der Waals surface area (Å²) in [5.41, 5.74) is 6.49. The van der Waals surface area contributed by atoms with Crippen LogP contribution in [0.5, 0.6) is 0 Å². The van der Waals surface area contributed by atoms with Gasteiger partial charge in [-0.3, -0.25) is 0 Å². The van der Waals surface area contributed by atoms with Gasteiger partial charge in [-0.1, -0.05) is 0 Å². The van der Waals surface area contributed by atoms with Gasteiger partial charge >= 0.3 is 0 Å². The van der Waals surface area contributed by atoms with Crippen LogP contribution in [-0.2, 0) is 0 Å². The largest absolute Gasteiger partial charge is 0.398 e. The molecule has 1 rings (SSSR count). The van der Waals surface area contributed by atoms with E-state index in [1.165, 1.54) is 3.58 Å². The Morgan fingerprint density at radius 3 is 2.89 bits per heavy atom. The van der Waals surface area contributed by atoms with Crippen molar-refractivity contribution in [2.75, 3.05) is 0 Å². The Morgan fingerprint density at radius 2 is 2.44 bits per heavy atom. The van der Waals surface area contributed by atoms with Gasteiger partial charge in [0.25, 0.3) is 0 Å². The summed E-state index contributed by atoms with van der Waals surface area (Å²) in [6, 6.07) is 0.385. The third-order valence-corrected chi connectivity index (χ3v) is 2.82. The van der Waals surface area contributed by atoms with Crippen molar-refractivity contribution in [3.05, 3.63) is 21.6 Å². The molecule has 1 atom stereocenters. The van der Waals surface area contributed by atoms with E-state index in [0.29, 0.717) is 6.04 Å². The van der Waals surface area contributed by atoms with Crippen LogP contribution in [0.15, 0.2) is 21.6 Å². The lowest BCUT2D eigenvalue weighted by atomic mass is 10.2. The van der Waals surface area contributed by atoms with E-state index in [0.717, 1.165) is 5.70 Å². The SMILES string of the molecule is CC1NC=CC(N)=C1I. The molecule has 0 spiro atoms. The predicted molar refractivity (Wildman–Crippen MR) is 47.0 cm³/mol. The maximum Gasteiger partial charge on any atom is 0.0558 e. The first-order chi connectivity index (χ1) is 4.22. The van der Waals surface area contributed by atoms with Crippen LogP contribution < -0.4 is 11.1 Å². The van der Waals surface area contributed by atoms with E-state index in [2.05, 4.69) is 34.8 Å². The van der Waals surface area contributed by atoms with Crippen molar-refractivity contribution < 1.29 is 0 Å². The first-order valence-corrected chi connectivity index (χ1v) is 3.87. The molecule has 0 aromatic carbocycles. The zero-order valence-corrected chi connectivity index (χ0v) is 7.34. The summed E-state index contributed by atoms with van der Waals surface area (Å²) in [5, 5.41) is 3.14. The Morgan fingerprint density at radius 1 is 1.78 bits per heavy atom. The topological polar surface area (TPSA) is 38.0 Å². The van der Waals surface area contributed by atoms with Crippen molar-refractivity contribution in [1.82, 2.24) is 5.32 Å². The molecule has 9 heavy (non-hydrogen) atoms.